The highest BCUT2D eigenvalue weighted by Gasteiger charge is 2.11. The first-order chi connectivity index (χ1) is 9.74. The van der Waals surface area contributed by atoms with Crippen molar-refractivity contribution in [3.63, 3.8) is 0 Å². The molecule has 0 amide bonds. The summed E-state index contributed by atoms with van der Waals surface area (Å²) >= 11 is 1.62. The van der Waals surface area contributed by atoms with E-state index >= 15 is 0 Å². The smallest absolute Gasteiger partial charge is 0.191 e. The average molecular weight is 419 g/mol. The van der Waals surface area contributed by atoms with Crippen molar-refractivity contribution in [3.8, 4) is 0 Å². The summed E-state index contributed by atoms with van der Waals surface area (Å²) in [5.41, 5.74) is 0. The quantitative estimate of drug-likeness (QED) is 0.397. The van der Waals surface area contributed by atoms with Gasteiger partial charge in [0.05, 0.1) is 6.54 Å². The number of thiophene rings is 1. The van der Waals surface area contributed by atoms with Crippen LogP contribution in [0.25, 0.3) is 10.1 Å². The minimum absolute atomic E-state index is 0. The van der Waals surface area contributed by atoms with E-state index in [2.05, 4.69) is 27.8 Å². The lowest BCUT2D eigenvalue weighted by Crippen LogP contribution is -2.37. The van der Waals surface area contributed by atoms with Crippen LogP contribution in [0.2, 0.25) is 0 Å². The van der Waals surface area contributed by atoms with Gasteiger partial charge in [0.1, 0.15) is 6.10 Å². The Morgan fingerprint density at radius 3 is 2.52 bits per heavy atom. The fourth-order valence-electron chi connectivity index (χ4n) is 1.94. The van der Waals surface area contributed by atoms with Crippen LogP contribution in [0.15, 0.2) is 35.3 Å². The Bertz CT molecular complexity index is 544. The summed E-state index contributed by atoms with van der Waals surface area (Å²) in [6.45, 7) is 6.03. The minimum Gasteiger partial charge on any atom is -0.386 e. The van der Waals surface area contributed by atoms with Gasteiger partial charge < -0.3 is 15.7 Å². The lowest BCUT2D eigenvalue weighted by Gasteiger charge is -2.10. The van der Waals surface area contributed by atoms with Crippen LogP contribution in [-0.4, -0.2) is 30.7 Å². The molecule has 6 heteroatoms. The molecule has 0 saturated heterocycles. The summed E-state index contributed by atoms with van der Waals surface area (Å²) in [6, 6.07) is 10.2. The number of aliphatic imine (C=N–C) groups is 1. The third-order valence-corrected chi connectivity index (χ3v) is 4.10. The molecule has 1 aromatic heterocycles. The van der Waals surface area contributed by atoms with Gasteiger partial charge in [0.15, 0.2) is 5.96 Å². The Hall–Kier alpha value is -0.860. The number of aliphatic hydroxyl groups is 1. The van der Waals surface area contributed by atoms with Crippen LogP contribution in [0, 0.1) is 0 Å². The molecule has 0 fully saturated rings. The monoisotopic (exact) mass is 419 g/mol. The zero-order valence-electron chi connectivity index (χ0n) is 12.3. The van der Waals surface area contributed by atoms with Crippen molar-refractivity contribution in [2.24, 2.45) is 4.99 Å². The summed E-state index contributed by atoms with van der Waals surface area (Å²) < 4.78 is 1.20. The number of guanidine groups is 1. The molecule has 116 valence electrons. The predicted molar refractivity (Wildman–Crippen MR) is 102 cm³/mol. The first kappa shape index (κ1) is 18.2. The molecule has 2 rings (SSSR count). The lowest BCUT2D eigenvalue weighted by atomic mass is 10.2. The molecule has 0 aliphatic carbocycles. The summed E-state index contributed by atoms with van der Waals surface area (Å²) in [6.07, 6.45) is -0.556. The Kier molecular flexibility index (Phi) is 7.98. The molecule has 1 aromatic carbocycles. The highest BCUT2D eigenvalue weighted by molar-refractivity contribution is 14.0. The summed E-state index contributed by atoms with van der Waals surface area (Å²) in [5, 5.41) is 17.7. The first-order valence-corrected chi connectivity index (χ1v) is 7.75. The molecule has 0 aliphatic heterocycles. The van der Waals surface area contributed by atoms with E-state index in [0.29, 0.717) is 6.54 Å². The molecule has 0 aliphatic rings. The third kappa shape index (κ3) is 5.12. The van der Waals surface area contributed by atoms with Gasteiger partial charge in [0.25, 0.3) is 0 Å². The van der Waals surface area contributed by atoms with E-state index in [0.717, 1.165) is 23.9 Å². The van der Waals surface area contributed by atoms with Crippen LogP contribution in [-0.2, 0) is 0 Å². The number of benzene rings is 1. The summed E-state index contributed by atoms with van der Waals surface area (Å²) in [4.78, 5) is 5.36. The molecule has 0 saturated carbocycles. The van der Waals surface area contributed by atoms with Gasteiger partial charge in [-0.3, -0.25) is 4.99 Å². The van der Waals surface area contributed by atoms with Gasteiger partial charge in [-0.2, -0.15) is 0 Å². The summed E-state index contributed by atoms with van der Waals surface area (Å²) in [5.74, 6) is 0.746. The van der Waals surface area contributed by atoms with Crippen molar-refractivity contribution in [2.45, 2.75) is 20.0 Å². The molecular formula is C15H22IN3OS. The molecule has 21 heavy (non-hydrogen) atoms. The molecule has 1 unspecified atom stereocenters. The lowest BCUT2D eigenvalue weighted by molar-refractivity contribution is 0.191. The van der Waals surface area contributed by atoms with E-state index in [4.69, 9.17) is 0 Å². The van der Waals surface area contributed by atoms with Crippen molar-refractivity contribution >= 4 is 51.4 Å². The number of nitrogens with one attached hydrogen (secondary N) is 2. The fraction of sp³-hybridized carbons (Fsp3) is 0.400. The predicted octanol–water partition coefficient (Wildman–Crippen LogP) is 3.13. The van der Waals surface area contributed by atoms with Gasteiger partial charge in [0, 0.05) is 22.7 Å². The van der Waals surface area contributed by atoms with Crippen LogP contribution in [0.5, 0.6) is 0 Å². The Labute approximate surface area is 146 Å². The standard InChI is InChI=1S/C15H21N3OS.HI/c1-3-16-15(17-4-2)18-10-12(19)14-9-11-7-5-6-8-13(11)20-14;/h5-9,12,19H,3-4,10H2,1-2H3,(H2,16,17,18);1H. The van der Waals surface area contributed by atoms with E-state index < -0.39 is 6.10 Å². The van der Waals surface area contributed by atoms with Gasteiger partial charge in [-0.05, 0) is 31.4 Å². The van der Waals surface area contributed by atoms with Crippen molar-refractivity contribution in [1.82, 2.24) is 10.6 Å². The molecular weight excluding hydrogens is 397 g/mol. The SMILES string of the molecule is CCNC(=NCC(O)c1cc2ccccc2s1)NCC.I. The highest BCUT2D eigenvalue weighted by atomic mass is 127. The van der Waals surface area contributed by atoms with E-state index in [9.17, 15) is 5.11 Å². The molecule has 0 bridgehead atoms. The van der Waals surface area contributed by atoms with Crippen molar-refractivity contribution < 1.29 is 5.11 Å². The second-order valence-corrected chi connectivity index (χ2v) is 5.57. The number of aliphatic hydroxyl groups excluding tert-OH is 1. The molecule has 0 spiro atoms. The Balaban J connectivity index is 0.00000220. The first-order valence-electron chi connectivity index (χ1n) is 6.93. The maximum Gasteiger partial charge on any atom is 0.191 e. The molecule has 1 heterocycles. The third-order valence-electron chi connectivity index (χ3n) is 2.88. The number of fused-ring (bicyclic) bond motifs is 1. The second-order valence-electron chi connectivity index (χ2n) is 4.45. The van der Waals surface area contributed by atoms with Crippen LogP contribution in [0.4, 0.5) is 0 Å². The number of rotatable bonds is 5. The van der Waals surface area contributed by atoms with Gasteiger partial charge >= 0.3 is 0 Å². The Morgan fingerprint density at radius 1 is 1.24 bits per heavy atom. The van der Waals surface area contributed by atoms with Crippen LogP contribution in [0.3, 0.4) is 0 Å². The molecule has 4 nitrogen and oxygen atoms in total. The average Bonchev–Trinajstić information content (AvgIpc) is 2.89. The van der Waals surface area contributed by atoms with Crippen molar-refractivity contribution in [1.29, 1.82) is 0 Å². The number of hydrogen-bond acceptors (Lipinski definition) is 3. The number of hydrogen-bond donors (Lipinski definition) is 3. The Morgan fingerprint density at radius 2 is 1.90 bits per heavy atom. The van der Waals surface area contributed by atoms with Crippen molar-refractivity contribution in [2.75, 3.05) is 19.6 Å². The largest absolute Gasteiger partial charge is 0.386 e. The van der Waals surface area contributed by atoms with Crippen LogP contribution >= 0.6 is 35.3 Å². The van der Waals surface area contributed by atoms with E-state index in [-0.39, 0.29) is 24.0 Å². The zero-order chi connectivity index (χ0) is 14.4. The summed E-state index contributed by atoms with van der Waals surface area (Å²) in [7, 11) is 0. The van der Waals surface area contributed by atoms with E-state index in [1.807, 2.05) is 32.0 Å². The van der Waals surface area contributed by atoms with Crippen LogP contribution in [0.1, 0.15) is 24.8 Å². The maximum absolute atomic E-state index is 10.3. The van der Waals surface area contributed by atoms with Crippen molar-refractivity contribution in [3.05, 3.63) is 35.2 Å². The van der Waals surface area contributed by atoms with Crippen LogP contribution < -0.4 is 10.6 Å². The van der Waals surface area contributed by atoms with E-state index in [1.165, 1.54) is 10.1 Å². The maximum atomic E-state index is 10.3. The normalized spacial score (nSPS) is 11.6. The van der Waals surface area contributed by atoms with Gasteiger partial charge in [-0.1, -0.05) is 18.2 Å². The van der Waals surface area contributed by atoms with Gasteiger partial charge in [-0.25, -0.2) is 0 Å². The molecule has 1 atom stereocenters. The molecule has 0 radical (unpaired) electrons. The number of halogens is 1. The topological polar surface area (TPSA) is 56.7 Å². The molecule has 2 aromatic rings. The highest BCUT2D eigenvalue weighted by Crippen LogP contribution is 2.29. The zero-order valence-corrected chi connectivity index (χ0v) is 15.4. The fourth-order valence-corrected chi connectivity index (χ4v) is 2.99. The second kappa shape index (κ2) is 9.22. The molecule has 3 N–H and O–H groups in total. The minimum atomic E-state index is -0.556. The van der Waals surface area contributed by atoms with Gasteiger partial charge in [0.2, 0.25) is 0 Å². The van der Waals surface area contributed by atoms with Gasteiger partial charge in [-0.15, -0.1) is 35.3 Å². The number of nitrogens with zero attached hydrogens (tertiary/aromatic N) is 1. The van der Waals surface area contributed by atoms with E-state index in [1.54, 1.807) is 11.3 Å².